The maximum Gasteiger partial charge on any atom is 0.293 e. The van der Waals surface area contributed by atoms with Crippen LogP contribution in [0.1, 0.15) is 29.0 Å². The fourth-order valence-corrected chi connectivity index (χ4v) is 3.36. The minimum absolute atomic E-state index is 0.0801. The van der Waals surface area contributed by atoms with Crippen LogP contribution in [0.4, 0.5) is 11.4 Å². The van der Waals surface area contributed by atoms with Gasteiger partial charge in [-0.3, -0.25) is 9.59 Å². The first-order chi connectivity index (χ1) is 14.2. The minimum Gasteiger partial charge on any atom is -0.494 e. The zero-order chi connectivity index (χ0) is 20.1. The molecule has 29 heavy (non-hydrogen) atoms. The molecular formula is C23H22N2O4. The van der Waals surface area contributed by atoms with Crippen molar-refractivity contribution >= 4 is 23.2 Å². The van der Waals surface area contributed by atoms with E-state index in [1.54, 1.807) is 17.0 Å². The molecule has 0 aliphatic carbocycles. The number of nitrogens with one attached hydrogen (secondary N) is 1. The lowest BCUT2D eigenvalue weighted by atomic mass is 10.1. The molecule has 4 rings (SSSR count). The highest BCUT2D eigenvalue weighted by atomic mass is 16.5. The SMILES string of the molecule is O=C(CCCOc1ccccc1)Nc1ccc2c(c1)N(C(=O)c1ccco1)CC2. The minimum atomic E-state index is -0.171. The molecule has 2 amide bonds. The summed E-state index contributed by atoms with van der Waals surface area (Å²) in [6.45, 7) is 1.08. The highest BCUT2D eigenvalue weighted by Crippen LogP contribution is 2.32. The number of carbonyl (C=O) groups excluding carboxylic acids is 2. The Bertz CT molecular complexity index is 983. The van der Waals surface area contributed by atoms with E-state index in [0.29, 0.717) is 37.4 Å². The van der Waals surface area contributed by atoms with E-state index in [1.165, 1.54) is 6.26 Å². The number of amides is 2. The molecule has 3 aromatic rings. The molecule has 0 atom stereocenters. The van der Waals surface area contributed by atoms with Gasteiger partial charge in [-0.15, -0.1) is 0 Å². The Morgan fingerprint density at radius 1 is 1.07 bits per heavy atom. The van der Waals surface area contributed by atoms with E-state index >= 15 is 0 Å². The van der Waals surface area contributed by atoms with Gasteiger partial charge in [0.15, 0.2) is 5.76 Å². The number of benzene rings is 2. The van der Waals surface area contributed by atoms with Crippen molar-refractivity contribution in [2.24, 2.45) is 0 Å². The molecule has 0 fully saturated rings. The molecule has 1 aromatic heterocycles. The van der Waals surface area contributed by atoms with E-state index in [1.807, 2.05) is 48.5 Å². The van der Waals surface area contributed by atoms with Crippen molar-refractivity contribution in [1.82, 2.24) is 0 Å². The number of ether oxygens (including phenoxy) is 1. The van der Waals surface area contributed by atoms with Crippen LogP contribution in [0.15, 0.2) is 71.3 Å². The van der Waals surface area contributed by atoms with Gasteiger partial charge in [0.25, 0.3) is 5.91 Å². The highest BCUT2D eigenvalue weighted by Gasteiger charge is 2.27. The first kappa shape index (κ1) is 18.8. The number of fused-ring (bicyclic) bond motifs is 1. The average molecular weight is 390 g/mol. The number of hydrogen-bond donors (Lipinski definition) is 1. The van der Waals surface area contributed by atoms with Gasteiger partial charge in [0.2, 0.25) is 5.91 Å². The molecule has 1 N–H and O–H groups in total. The van der Waals surface area contributed by atoms with E-state index in [9.17, 15) is 9.59 Å². The molecule has 0 radical (unpaired) electrons. The van der Waals surface area contributed by atoms with Gasteiger partial charge in [0, 0.05) is 24.3 Å². The van der Waals surface area contributed by atoms with Gasteiger partial charge in [-0.1, -0.05) is 24.3 Å². The van der Waals surface area contributed by atoms with E-state index in [2.05, 4.69) is 5.32 Å². The summed E-state index contributed by atoms with van der Waals surface area (Å²) >= 11 is 0. The number of anilines is 2. The molecular weight excluding hydrogens is 368 g/mol. The van der Waals surface area contributed by atoms with Gasteiger partial charge in [-0.2, -0.15) is 0 Å². The Kier molecular flexibility index (Phi) is 5.61. The summed E-state index contributed by atoms with van der Waals surface area (Å²) in [5.41, 5.74) is 2.58. The number of rotatable bonds is 7. The Hall–Kier alpha value is -3.54. The van der Waals surface area contributed by atoms with Crippen molar-refractivity contribution in [3.8, 4) is 5.75 Å². The molecule has 1 aliphatic heterocycles. The van der Waals surface area contributed by atoms with Crippen LogP contribution >= 0.6 is 0 Å². The van der Waals surface area contributed by atoms with Crippen molar-refractivity contribution in [3.63, 3.8) is 0 Å². The number of nitrogens with zero attached hydrogens (tertiary/aromatic N) is 1. The van der Waals surface area contributed by atoms with Crippen LogP contribution in [-0.2, 0) is 11.2 Å². The third kappa shape index (κ3) is 4.48. The average Bonchev–Trinajstić information content (AvgIpc) is 3.41. The third-order valence-corrected chi connectivity index (χ3v) is 4.80. The second kappa shape index (κ2) is 8.65. The smallest absolute Gasteiger partial charge is 0.293 e. The lowest BCUT2D eigenvalue weighted by Gasteiger charge is -2.17. The Morgan fingerprint density at radius 2 is 1.93 bits per heavy atom. The van der Waals surface area contributed by atoms with Crippen LogP contribution in [0.5, 0.6) is 5.75 Å². The van der Waals surface area contributed by atoms with Crippen LogP contribution in [0.3, 0.4) is 0 Å². The summed E-state index contributed by atoms with van der Waals surface area (Å²) < 4.78 is 10.8. The lowest BCUT2D eigenvalue weighted by molar-refractivity contribution is -0.116. The first-order valence-corrected chi connectivity index (χ1v) is 9.67. The molecule has 1 aliphatic rings. The highest BCUT2D eigenvalue weighted by molar-refractivity contribution is 6.06. The summed E-state index contributed by atoms with van der Waals surface area (Å²) in [6.07, 6.45) is 3.25. The summed E-state index contributed by atoms with van der Waals surface area (Å²) in [5, 5.41) is 2.91. The Labute approximate surface area is 169 Å². The van der Waals surface area contributed by atoms with Crippen molar-refractivity contribution in [2.75, 3.05) is 23.4 Å². The van der Waals surface area contributed by atoms with Crippen LogP contribution in [0, 0.1) is 0 Å². The molecule has 6 heteroatoms. The molecule has 148 valence electrons. The topological polar surface area (TPSA) is 71.8 Å². The van der Waals surface area contributed by atoms with E-state index in [4.69, 9.17) is 9.15 Å². The van der Waals surface area contributed by atoms with Crippen LogP contribution in [0.25, 0.3) is 0 Å². The third-order valence-electron chi connectivity index (χ3n) is 4.80. The maximum absolute atomic E-state index is 12.6. The number of furan rings is 1. The standard InChI is InChI=1S/C23H22N2O4/c26-22(9-5-14-28-19-6-2-1-3-7-19)24-18-11-10-17-12-13-25(20(17)16-18)23(27)21-8-4-15-29-21/h1-4,6-8,10-11,15-16H,5,9,12-14H2,(H,24,26). The quantitative estimate of drug-likeness (QED) is 0.611. The zero-order valence-corrected chi connectivity index (χ0v) is 16.0. The van der Waals surface area contributed by atoms with Crippen molar-refractivity contribution in [2.45, 2.75) is 19.3 Å². The molecule has 6 nitrogen and oxygen atoms in total. The second-order valence-electron chi connectivity index (χ2n) is 6.84. The Balaban J connectivity index is 1.32. The maximum atomic E-state index is 12.6. The van der Waals surface area contributed by atoms with Crippen molar-refractivity contribution in [3.05, 3.63) is 78.3 Å². The molecule has 2 aromatic carbocycles. The van der Waals surface area contributed by atoms with E-state index in [-0.39, 0.29) is 11.8 Å². The second-order valence-corrected chi connectivity index (χ2v) is 6.84. The lowest BCUT2D eigenvalue weighted by Crippen LogP contribution is -2.28. The van der Waals surface area contributed by atoms with Gasteiger partial charge < -0.3 is 19.4 Å². The van der Waals surface area contributed by atoms with Gasteiger partial charge in [-0.25, -0.2) is 0 Å². The molecule has 0 saturated heterocycles. The monoisotopic (exact) mass is 390 g/mol. The Morgan fingerprint density at radius 3 is 2.72 bits per heavy atom. The van der Waals surface area contributed by atoms with Crippen LogP contribution in [0.2, 0.25) is 0 Å². The predicted octanol–water partition coefficient (Wildman–Crippen LogP) is 4.28. The van der Waals surface area contributed by atoms with Crippen LogP contribution < -0.4 is 15.0 Å². The first-order valence-electron chi connectivity index (χ1n) is 9.67. The van der Waals surface area contributed by atoms with Crippen LogP contribution in [-0.4, -0.2) is 25.0 Å². The predicted molar refractivity (Wildman–Crippen MR) is 110 cm³/mol. The largest absolute Gasteiger partial charge is 0.494 e. The fourth-order valence-electron chi connectivity index (χ4n) is 3.36. The summed E-state index contributed by atoms with van der Waals surface area (Å²) in [4.78, 5) is 26.6. The van der Waals surface area contributed by atoms with Crippen molar-refractivity contribution in [1.29, 1.82) is 0 Å². The zero-order valence-electron chi connectivity index (χ0n) is 16.0. The molecule has 0 spiro atoms. The number of hydrogen-bond acceptors (Lipinski definition) is 4. The summed E-state index contributed by atoms with van der Waals surface area (Å²) in [6, 6.07) is 18.6. The summed E-state index contributed by atoms with van der Waals surface area (Å²) in [5.74, 6) is 0.859. The van der Waals surface area contributed by atoms with Gasteiger partial charge in [0.1, 0.15) is 5.75 Å². The molecule has 0 saturated carbocycles. The summed E-state index contributed by atoms with van der Waals surface area (Å²) in [7, 11) is 0. The molecule has 0 bridgehead atoms. The van der Waals surface area contributed by atoms with E-state index in [0.717, 1.165) is 23.4 Å². The van der Waals surface area contributed by atoms with Gasteiger partial charge in [-0.05, 0) is 54.8 Å². The number of carbonyl (C=O) groups is 2. The van der Waals surface area contributed by atoms with E-state index < -0.39 is 0 Å². The fraction of sp³-hybridized carbons (Fsp3) is 0.217. The normalized spacial score (nSPS) is 12.5. The van der Waals surface area contributed by atoms with Gasteiger partial charge >= 0.3 is 0 Å². The number of para-hydroxylation sites is 1. The van der Waals surface area contributed by atoms with Crippen molar-refractivity contribution < 1.29 is 18.7 Å². The molecule has 0 unspecified atom stereocenters. The molecule has 2 heterocycles. The van der Waals surface area contributed by atoms with Gasteiger partial charge in [0.05, 0.1) is 12.9 Å².